The van der Waals surface area contributed by atoms with E-state index in [1.54, 1.807) is 36.8 Å². The molecule has 4 aromatic rings. The van der Waals surface area contributed by atoms with Gasteiger partial charge in [-0.2, -0.15) is 0 Å². The lowest BCUT2D eigenvalue weighted by Gasteiger charge is -2.07. The van der Waals surface area contributed by atoms with Crippen molar-refractivity contribution in [2.45, 2.75) is 0 Å². The molecule has 1 fully saturated rings. The summed E-state index contributed by atoms with van der Waals surface area (Å²) in [5.74, 6) is -0.224. The summed E-state index contributed by atoms with van der Waals surface area (Å²) in [4.78, 5) is 26.1. The number of halogens is 2. The molecular weight excluding hydrogens is 463 g/mol. The maximum absolute atomic E-state index is 12.5. The van der Waals surface area contributed by atoms with Crippen molar-refractivity contribution in [2.24, 2.45) is 4.99 Å². The molecule has 0 saturated carbocycles. The molecule has 1 saturated heterocycles. The van der Waals surface area contributed by atoms with Crippen LogP contribution in [0.3, 0.4) is 0 Å². The quantitative estimate of drug-likeness (QED) is 0.342. The summed E-state index contributed by atoms with van der Waals surface area (Å²) in [7, 11) is 0. The molecule has 1 N–H and O–H groups in total. The molecule has 0 unspecified atom stereocenters. The fourth-order valence-electron chi connectivity index (χ4n) is 3.37. The number of rotatable bonds is 3. The number of para-hydroxylation sites is 1. The van der Waals surface area contributed by atoms with Crippen LogP contribution in [0.5, 0.6) is 0 Å². The molecule has 32 heavy (non-hydrogen) atoms. The highest BCUT2D eigenvalue weighted by Gasteiger charge is 2.24. The van der Waals surface area contributed by atoms with Gasteiger partial charge in [0.05, 0.1) is 20.5 Å². The second-order valence-electron chi connectivity index (χ2n) is 6.92. The molecule has 0 atom stereocenters. The van der Waals surface area contributed by atoms with Crippen molar-refractivity contribution in [3.8, 4) is 11.1 Å². The van der Waals surface area contributed by atoms with Crippen molar-refractivity contribution in [3.05, 3.63) is 93.7 Å². The minimum atomic E-state index is -0.224. The normalized spacial score (nSPS) is 16.1. The Bertz CT molecular complexity index is 1400. The summed E-state index contributed by atoms with van der Waals surface area (Å²) in [5, 5.41) is 5.03. The van der Waals surface area contributed by atoms with Gasteiger partial charge in [-0.25, -0.2) is 4.99 Å². The Morgan fingerprint density at radius 2 is 1.75 bits per heavy atom. The maximum Gasteiger partial charge on any atom is 0.264 e. The van der Waals surface area contributed by atoms with E-state index in [-0.39, 0.29) is 5.91 Å². The number of hydrogen-bond donors (Lipinski definition) is 1. The van der Waals surface area contributed by atoms with E-state index in [0.29, 0.717) is 25.8 Å². The van der Waals surface area contributed by atoms with Gasteiger partial charge in [0, 0.05) is 24.0 Å². The van der Waals surface area contributed by atoms with Gasteiger partial charge in [-0.15, -0.1) is 0 Å². The van der Waals surface area contributed by atoms with Gasteiger partial charge in [0.25, 0.3) is 5.91 Å². The first-order valence-electron chi connectivity index (χ1n) is 9.61. The van der Waals surface area contributed by atoms with E-state index < -0.39 is 0 Å². The second-order valence-corrected chi connectivity index (χ2v) is 8.77. The number of nitrogens with one attached hydrogen (secondary N) is 1. The number of pyridine rings is 2. The van der Waals surface area contributed by atoms with Crippen LogP contribution in [0.25, 0.3) is 28.1 Å². The number of benzene rings is 2. The average molecular weight is 477 g/mol. The number of thioether (sulfide) groups is 1. The Balaban J connectivity index is 1.50. The van der Waals surface area contributed by atoms with Crippen molar-refractivity contribution in [3.63, 3.8) is 0 Å². The molecule has 0 aliphatic carbocycles. The van der Waals surface area contributed by atoms with Crippen LogP contribution in [-0.4, -0.2) is 21.0 Å². The lowest BCUT2D eigenvalue weighted by atomic mass is 10.0. The highest BCUT2D eigenvalue weighted by atomic mass is 35.5. The van der Waals surface area contributed by atoms with Gasteiger partial charge in [0.2, 0.25) is 0 Å². The number of carbonyl (C=O) groups is 1. The zero-order chi connectivity index (χ0) is 22.1. The van der Waals surface area contributed by atoms with E-state index in [1.165, 1.54) is 11.8 Å². The molecule has 2 aromatic carbocycles. The molecule has 1 aliphatic heterocycles. The minimum Gasteiger partial charge on any atom is -0.300 e. The number of aliphatic imine (C=N–C) groups is 1. The van der Waals surface area contributed by atoms with Crippen molar-refractivity contribution < 1.29 is 4.79 Å². The zero-order valence-electron chi connectivity index (χ0n) is 16.4. The van der Waals surface area contributed by atoms with Crippen LogP contribution < -0.4 is 5.32 Å². The van der Waals surface area contributed by atoms with Crippen molar-refractivity contribution >= 4 is 68.7 Å². The summed E-state index contributed by atoms with van der Waals surface area (Å²) in [6.07, 6.45) is 7.15. The summed E-state index contributed by atoms with van der Waals surface area (Å²) < 4.78 is 0. The van der Waals surface area contributed by atoms with E-state index in [2.05, 4.69) is 20.3 Å². The lowest BCUT2D eigenvalue weighted by Crippen LogP contribution is -2.19. The zero-order valence-corrected chi connectivity index (χ0v) is 18.7. The Kier molecular flexibility index (Phi) is 5.66. The molecule has 3 heterocycles. The molecule has 0 bridgehead atoms. The number of fused-ring (bicyclic) bond motifs is 1. The average Bonchev–Trinajstić information content (AvgIpc) is 3.15. The van der Waals surface area contributed by atoms with Crippen LogP contribution in [0.4, 0.5) is 5.69 Å². The maximum atomic E-state index is 12.5. The van der Waals surface area contributed by atoms with E-state index in [1.807, 2.05) is 42.5 Å². The summed E-state index contributed by atoms with van der Waals surface area (Å²) in [6, 6.07) is 17.0. The standard InChI is InChI=1S/C24H14Cl2N4OS/c25-18-2-1-3-19(26)22(18)29-24-30-23(31)21(32-24)13-14-4-5-20-17(12-14)16(8-11-28-20)15-6-9-27-10-7-15/h1-13H,(H,29,30,31)/b21-13+. The number of amidine groups is 1. The molecular formula is C24H14Cl2N4OS. The molecule has 5 nitrogen and oxygen atoms in total. The molecule has 2 aromatic heterocycles. The Morgan fingerprint density at radius 3 is 2.53 bits per heavy atom. The molecule has 1 aliphatic rings. The van der Waals surface area contributed by atoms with Crippen LogP contribution in [0.1, 0.15) is 5.56 Å². The van der Waals surface area contributed by atoms with Crippen LogP contribution in [0.2, 0.25) is 10.0 Å². The third kappa shape index (κ3) is 4.12. The first-order valence-corrected chi connectivity index (χ1v) is 11.2. The fourth-order valence-corrected chi connectivity index (χ4v) is 4.68. The van der Waals surface area contributed by atoms with E-state index >= 15 is 0 Å². The number of amides is 1. The number of carbonyl (C=O) groups excluding carboxylic acids is 1. The lowest BCUT2D eigenvalue weighted by molar-refractivity contribution is -0.115. The molecule has 1 amide bonds. The van der Waals surface area contributed by atoms with Gasteiger partial charge < -0.3 is 5.32 Å². The van der Waals surface area contributed by atoms with Gasteiger partial charge in [-0.05, 0) is 77.0 Å². The monoisotopic (exact) mass is 476 g/mol. The van der Waals surface area contributed by atoms with Crippen LogP contribution in [-0.2, 0) is 4.79 Å². The third-order valence-electron chi connectivity index (χ3n) is 4.86. The molecule has 156 valence electrons. The molecule has 5 rings (SSSR count). The van der Waals surface area contributed by atoms with Gasteiger partial charge in [-0.1, -0.05) is 35.3 Å². The number of aromatic nitrogens is 2. The van der Waals surface area contributed by atoms with Gasteiger partial charge >= 0.3 is 0 Å². The highest BCUT2D eigenvalue weighted by molar-refractivity contribution is 8.18. The SMILES string of the molecule is O=C1NC(=Nc2c(Cl)cccc2Cl)S/C1=C/c1ccc2nccc(-c3ccncc3)c2c1. The number of nitrogens with zero attached hydrogens (tertiary/aromatic N) is 3. The fraction of sp³-hybridized carbons (Fsp3) is 0. The topological polar surface area (TPSA) is 67.2 Å². The van der Waals surface area contributed by atoms with Gasteiger partial charge in [0.15, 0.2) is 5.17 Å². The first-order chi connectivity index (χ1) is 15.6. The van der Waals surface area contributed by atoms with Crippen molar-refractivity contribution in [1.82, 2.24) is 15.3 Å². The Morgan fingerprint density at radius 1 is 0.969 bits per heavy atom. The number of hydrogen-bond acceptors (Lipinski definition) is 5. The minimum absolute atomic E-state index is 0.224. The predicted molar refractivity (Wildman–Crippen MR) is 132 cm³/mol. The Labute approximate surface area is 198 Å². The van der Waals surface area contributed by atoms with Crippen LogP contribution >= 0.6 is 35.0 Å². The second kappa shape index (κ2) is 8.74. The van der Waals surface area contributed by atoms with Crippen molar-refractivity contribution in [1.29, 1.82) is 0 Å². The summed E-state index contributed by atoms with van der Waals surface area (Å²) in [5.41, 5.74) is 4.29. The van der Waals surface area contributed by atoms with E-state index in [9.17, 15) is 4.79 Å². The third-order valence-corrected chi connectivity index (χ3v) is 6.38. The summed E-state index contributed by atoms with van der Waals surface area (Å²) >= 11 is 13.6. The predicted octanol–water partition coefficient (Wildman–Crippen LogP) is 6.50. The Hall–Kier alpha value is -3.19. The molecule has 0 radical (unpaired) electrons. The van der Waals surface area contributed by atoms with Gasteiger partial charge in [-0.3, -0.25) is 14.8 Å². The first kappa shape index (κ1) is 20.7. The molecule has 0 spiro atoms. The van der Waals surface area contributed by atoms with E-state index in [4.69, 9.17) is 23.2 Å². The molecule has 8 heteroatoms. The van der Waals surface area contributed by atoms with E-state index in [0.717, 1.165) is 27.6 Å². The van der Waals surface area contributed by atoms with Crippen molar-refractivity contribution in [2.75, 3.05) is 0 Å². The smallest absolute Gasteiger partial charge is 0.264 e. The van der Waals surface area contributed by atoms with Crippen LogP contribution in [0, 0.1) is 0 Å². The highest BCUT2D eigenvalue weighted by Crippen LogP contribution is 2.36. The van der Waals surface area contributed by atoms with Gasteiger partial charge in [0.1, 0.15) is 5.69 Å². The largest absolute Gasteiger partial charge is 0.300 e. The van der Waals surface area contributed by atoms with Crippen LogP contribution in [0.15, 0.2) is 83.1 Å². The summed E-state index contributed by atoms with van der Waals surface area (Å²) in [6.45, 7) is 0.